The molecular weight excluding hydrogens is 224 g/mol. The molecule has 0 radical (unpaired) electrons. The quantitative estimate of drug-likeness (QED) is 0.518. The summed E-state index contributed by atoms with van der Waals surface area (Å²) in [5, 5.41) is 0. The zero-order valence-corrected chi connectivity index (χ0v) is 11.2. The molecule has 0 aromatic heterocycles. The molecule has 0 spiro atoms. The van der Waals surface area contributed by atoms with Gasteiger partial charge in [-0.2, -0.15) is 0 Å². The summed E-state index contributed by atoms with van der Waals surface area (Å²) in [6.07, 6.45) is 1.66. The lowest BCUT2D eigenvalue weighted by atomic mass is 10.3. The second kappa shape index (κ2) is 8.47. The molecule has 0 bridgehead atoms. The number of nitrogens with zero attached hydrogens (tertiary/aromatic N) is 1. The molecule has 94 valence electrons. The number of rotatable bonds is 8. The van der Waals surface area contributed by atoms with E-state index in [1.165, 1.54) is 0 Å². The van der Waals surface area contributed by atoms with Gasteiger partial charge in [-0.25, -0.2) is 0 Å². The Morgan fingerprint density at radius 1 is 1.44 bits per heavy atom. The average Bonchev–Trinajstić information content (AvgIpc) is 2.15. The molecule has 0 aliphatic heterocycles. The maximum atomic E-state index is 11.3. The van der Waals surface area contributed by atoms with Crippen molar-refractivity contribution in [3.63, 3.8) is 0 Å². The fourth-order valence-electron chi connectivity index (χ4n) is 1.25. The highest BCUT2D eigenvalue weighted by molar-refractivity contribution is 7.80. The molecule has 0 heterocycles. The summed E-state index contributed by atoms with van der Waals surface area (Å²) in [5.41, 5.74) is 5.40. The molecule has 0 atom stereocenters. The van der Waals surface area contributed by atoms with Gasteiger partial charge >= 0.3 is 0 Å². The van der Waals surface area contributed by atoms with Crippen molar-refractivity contribution in [3.05, 3.63) is 0 Å². The molecule has 4 nitrogen and oxygen atoms in total. The van der Waals surface area contributed by atoms with Crippen molar-refractivity contribution in [2.75, 3.05) is 19.7 Å². The first-order valence-corrected chi connectivity index (χ1v) is 5.99. The van der Waals surface area contributed by atoms with Gasteiger partial charge in [0, 0.05) is 33.0 Å². The van der Waals surface area contributed by atoms with Gasteiger partial charge in [-0.15, -0.1) is 0 Å². The largest absolute Gasteiger partial charge is 0.393 e. The lowest BCUT2D eigenvalue weighted by molar-refractivity contribution is -0.129. The van der Waals surface area contributed by atoms with Crippen LogP contribution in [0.25, 0.3) is 0 Å². The van der Waals surface area contributed by atoms with Crippen LogP contribution in [0.4, 0.5) is 0 Å². The van der Waals surface area contributed by atoms with Crippen LogP contribution in [0.2, 0.25) is 0 Å². The SMILES string of the molecule is CC(=O)N(CCCOC(C)C)CCC(N)=S. The van der Waals surface area contributed by atoms with E-state index in [-0.39, 0.29) is 12.0 Å². The first-order valence-electron chi connectivity index (χ1n) is 5.59. The van der Waals surface area contributed by atoms with Crippen molar-refractivity contribution in [1.29, 1.82) is 0 Å². The normalized spacial score (nSPS) is 10.5. The van der Waals surface area contributed by atoms with Crippen LogP contribution in [-0.4, -0.2) is 41.6 Å². The minimum absolute atomic E-state index is 0.0563. The van der Waals surface area contributed by atoms with Crippen molar-refractivity contribution >= 4 is 23.1 Å². The minimum atomic E-state index is 0.0563. The highest BCUT2D eigenvalue weighted by atomic mass is 32.1. The molecule has 1 amide bonds. The van der Waals surface area contributed by atoms with Crippen LogP contribution >= 0.6 is 12.2 Å². The number of thiocarbonyl (C=S) groups is 1. The van der Waals surface area contributed by atoms with Crippen molar-refractivity contribution in [2.24, 2.45) is 5.73 Å². The third kappa shape index (κ3) is 8.61. The Hall–Kier alpha value is -0.680. The van der Waals surface area contributed by atoms with E-state index in [0.29, 0.717) is 31.1 Å². The van der Waals surface area contributed by atoms with Gasteiger partial charge < -0.3 is 15.4 Å². The van der Waals surface area contributed by atoms with E-state index in [4.69, 9.17) is 22.7 Å². The molecule has 2 N–H and O–H groups in total. The van der Waals surface area contributed by atoms with Crippen LogP contribution in [0.1, 0.15) is 33.6 Å². The lowest BCUT2D eigenvalue weighted by Crippen LogP contribution is -2.33. The summed E-state index contributed by atoms with van der Waals surface area (Å²) in [7, 11) is 0. The van der Waals surface area contributed by atoms with E-state index in [2.05, 4.69) is 0 Å². The molecule has 0 aromatic carbocycles. The predicted molar refractivity (Wildman–Crippen MR) is 69.4 cm³/mol. The van der Waals surface area contributed by atoms with Gasteiger partial charge in [0.15, 0.2) is 0 Å². The van der Waals surface area contributed by atoms with Crippen LogP contribution in [0.5, 0.6) is 0 Å². The van der Waals surface area contributed by atoms with Crippen LogP contribution in [0, 0.1) is 0 Å². The zero-order chi connectivity index (χ0) is 12.6. The summed E-state index contributed by atoms with van der Waals surface area (Å²) in [6, 6.07) is 0. The van der Waals surface area contributed by atoms with E-state index >= 15 is 0 Å². The average molecular weight is 246 g/mol. The van der Waals surface area contributed by atoms with Gasteiger partial charge in [-0.1, -0.05) is 12.2 Å². The number of amides is 1. The Bertz CT molecular complexity index is 232. The van der Waals surface area contributed by atoms with Gasteiger partial charge in [0.05, 0.1) is 11.1 Å². The van der Waals surface area contributed by atoms with Crippen molar-refractivity contribution < 1.29 is 9.53 Å². The van der Waals surface area contributed by atoms with Crippen LogP contribution in [-0.2, 0) is 9.53 Å². The molecule has 0 fully saturated rings. The second-order valence-corrected chi connectivity index (χ2v) is 4.52. The number of ether oxygens (including phenoxy) is 1. The van der Waals surface area contributed by atoms with Gasteiger partial charge in [0.25, 0.3) is 0 Å². The van der Waals surface area contributed by atoms with Crippen molar-refractivity contribution in [2.45, 2.75) is 39.7 Å². The third-order valence-electron chi connectivity index (χ3n) is 2.10. The van der Waals surface area contributed by atoms with Gasteiger partial charge in [0.2, 0.25) is 5.91 Å². The molecule has 5 heteroatoms. The fraction of sp³-hybridized carbons (Fsp3) is 0.818. The molecule has 0 aliphatic carbocycles. The summed E-state index contributed by atoms with van der Waals surface area (Å²) >= 11 is 4.79. The Balaban J connectivity index is 3.77. The number of hydrogen-bond donors (Lipinski definition) is 1. The zero-order valence-electron chi connectivity index (χ0n) is 10.4. The van der Waals surface area contributed by atoms with E-state index in [0.717, 1.165) is 6.42 Å². The molecule has 0 unspecified atom stereocenters. The molecule has 0 aliphatic rings. The fourth-order valence-corrected chi connectivity index (χ4v) is 1.34. The second-order valence-electron chi connectivity index (χ2n) is 4.00. The van der Waals surface area contributed by atoms with E-state index in [9.17, 15) is 4.79 Å². The number of carbonyl (C=O) groups is 1. The highest BCUT2D eigenvalue weighted by Gasteiger charge is 2.08. The lowest BCUT2D eigenvalue weighted by Gasteiger charge is -2.20. The first kappa shape index (κ1) is 15.3. The van der Waals surface area contributed by atoms with E-state index in [1.807, 2.05) is 13.8 Å². The Morgan fingerprint density at radius 2 is 2.06 bits per heavy atom. The number of nitrogens with two attached hydrogens (primary N) is 1. The Labute approximate surface area is 103 Å². The molecule has 0 rings (SSSR count). The number of hydrogen-bond acceptors (Lipinski definition) is 3. The van der Waals surface area contributed by atoms with Crippen LogP contribution in [0.3, 0.4) is 0 Å². The van der Waals surface area contributed by atoms with E-state index < -0.39 is 0 Å². The molecule has 16 heavy (non-hydrogen) atoms. The minimum Gasteiger partial charge on any atom is -0.393 e. The molecular formula is C11H22N2O2S. The Kier molecular flexibility index (Phi) is 8.11. The summed E-state index contributed by atoms with van der Waals surface area (Å²) < 4.78 is 5.41. The Morgan fingerprint density at radius 3 is 2.50 bits per heavy atom. The van der Waals surface area contributed by atoms with Crippen LogP contribution in [0.15, 0.2) is 0 Å². The maximum absolute atomic E-state index is 11.3. The van der Waals surface area contributed by atoms with Crippen LogP contribution < -0.4 is 5.73 Å². The molecule has 0 saturated carbocycles. The first-order chi connectivity index (χ1) is 7.43. The topological polar surface area (TPSA) is 55.6 Å². The smallest absolute Gasteiger partial charge is 0.219 e. The molecule has 0 aromatic rings. The predicted octanol–water partition coefficient (Wildman–Crippen LogP) is 1.33. The van der Waals surface area contributed by atoms with Crippen molar-refractivity contribution in [3.8, 4) is 0 Å². The summed E-state index contributed by atoms with van der Waals surface area (Å²) in [6.45, 7) is 7.53. The number of carbonyl (C=O) groups excluding carboxylic acids is 1. The van der Waals surface area contributed by atoms with Gasteiger partial charge in [-0.3, -0.25) is 4.79 Å². The third-order valence-corrected chi connectivity index (χ3v) is 2.30. The standard InChI is InChI=1S/C11H22N2O2S/c1-9(2)15-8-4-6-13(10(3)14)7-5-11(12)16/h9H,4-8H2,1-3H3,(H2,12,16). The van der Waals surface area contributed by atoms with Gasteiger partial charge in [-0.05, 0) is 20.3 Å². The molecule has 0 saturated heterocycles. The summed E-state index contributed by atoms with van der Waals surface area (Å²) in [4.78, 5) is 13.5. The summed E-state index contributed by atoms with van der Waals surface area (Å²) in [5.74, 6) is 0.0563. The monoisotopic (exact) mass is 246 g/mol. The highest BCUT2D eigenvalue weighted by Crippen LogP contribution is 1.98. The van der Waals surface area contributed by atoms with E-state index in [1.54, 1.807) is 11.8 Å². The maximum Gasteiger partial charge on any atom is 0.219 e. The van der Waals surface area contributed by atoms with Gasteiger partial charge in [0.1, 0.15) is 0 Å². The van der Waals surface area contributed by atoms with Crippen molar-refractivity contribution in [1.82, 2.24) is 4.90 Å².